The highest BCUT2D eigenvalue weighted by Crippen LogP contribution is 2.06. The largest absolute Gasteiger partial charge is 0.383 e. The van der Waals surface area contributed by atoms with E-state index < -0.39 is 0 Å². The SMILES string of the molecule is COC[C@H](Cc1ccccc1)NC(=O)Cn1[nH]c2ccccc2c1=O. The third-order valence-electron chi connectivity index (χ3n) is 4.02. The van der Waals surface area contributed by atoms with Gasteiger partial charge in [-0.15, -0.1) is 0 Å². The Balaban J connectivity index is 1.68. The Morgan fingerprint density at radius 3 is 2.60 bits per heavy atom. The van der Waals surface area contributed by atoms with Crippen molar-refractivity contribution in [2.45, 2.75) is 19.0 Å². The number of ether oxygens (including phenoxy) is 1. The Hall–Kier alpha value is -2.86. The number of nitrogens with one attached hydrogen (secondary N) is 2. The molecule has 1 amide bonds. The van der Waals surface area contributed by atoms with E-state index in [0.717, 1.165) is 11.1 Å². The van der Waals surface area contributed by atoms with Gasteiger partial charge in [0.15, 0.2) is 0 Å². The van der Waals surface area contributed by atoms with Crippen LogP contribution in [0.2, 0.25) is 0 Å². The zero-order valence-corrected chi connectivity index (χ0v) is 14.1. The molecule has 3 aromatic rings. The fraction of sp³-hybridized carbons (Fsp3) is 0.263. The topological polar surface area (TPSA) is 76.1 Å². The average molecular weight is 339 g/mol. The zero-order valence-electron chi connectivity index (χ0n) is 14.1. The second-order valence-electron chi connectivity index (χ2n) is 5.96. The second-order valence-corrected chi connectivity index (χ2v) is 5.96. The van der Waals surface area contributed by atoms with Crippen molar-refractivity contribution in [3.63, 3.8) is 0 Å². The highest BCUT2D eigenvalue weighted by atomic mass is 16.5. The number of rotatable bonds is 7. The van der Waals surface area contributed by atoms with Crippen LogP contribution in [0.3, 0.4) is 0 Å². The van der Waals surface area contributed by atoms with E-state index in [1.807, 2.05) is 42.5 Å². The number of carbonyl (C=O) groups is 1. The van der Waals surface area contributed by atoms with Gasteiger partial charge in [-0.3, -0.25) is 14.7 Å². The number of benzene rings is 2. The lowest BCUT2D eigenvalue weighted by Gasteiger charge is -2.18. The molecule has 0 bridgehead atoms. The summed E-state index contributed by atoms with van der Waals surface area (Å²) in [6, 6.07) is 17.0. The molecule has 1 atom stereocenters. The molecule has 1 heterocycles. The van der Waals surface area contributed by atoms with Crippen LogP contribution in [0.15, 0.2) is 59.4 Å². The quantitative estimate of drug-likeness (QED) is 0.688. The molecule has 0 aliphatic heterocycles. The average Bonchev–Trinajstić information content (AvgIpc) is 2.92. The van der Waals surface area contributed by atoms with Crippen LogP contribution in [0.5, 0.6) is 0 Å². The van der Waals surface area contributed by atoms with Crippen molar-refractivity contribution < 1.29 is 9.53 Å². The fourth-order valence-corrected chi connectivity index (χ4v) is 2.89. The van der Waals surface area contributed by atoms with Gasteiger partial charge in [0.1, 0.15) is 6.54 Å². The van der Waals surface area contributed by atoms with Gasteiger partial charge in [0.25, 0.3) is 5.56 Å². The number of methoxy groups -OCH3 is 1. The smallest absolute Gasteiger partial charge is 0.274 e. The molecule has 0 radical (unpaired) electrons. The number of hydrogen-bond donors (Lipinski definition) is 2. The Morgan fingerprint density at radius 2 is 1.88 bits per heavy atom. The van der Waals surface area contributed by atoms with Gasteiger partial charge in [0.05, 0.1) is 23.6 Å². The predicted octanol–water partition coefficient (Wildman–Crippen LogP) is 1.70. The van der Waals surface area contributed by atoms with E-state index in [1.165, 1.54) is 4.68 Å². The van der Waals surface area contributed by atoms with E-state index >= 15 is 0 Å². The lowest BCUT2D eigenvalue weighted by atomic mass is 10.1. The van der Waals surface area contributed by atoms with E-state index in [4.69, 9.17) is 4.74 Å². The maximum atomic E-state index is 12.4. The molecular weight excluding hydrogens is 318 g/mol. The number of hydrogen-bond acceptors (Lipinski definition) is 3. The number of carbonyl (C=O) groups excluding carboxylic acids is 1. The lowest BCUT2D eigenvalue weighted by Crippen LogP contribution is -2.42. The van der Waals surface area contributed by atoms with Crippen LogP contribution in [0.1, 0.15) is 5.56 Å². The molecular formula is C19H21N3O3. The number of amides is 1. The maximum absolute atomic E-state index is 12.4. The van der Waals surface area contributed by atoms with Gasteiger partial charge in [0.2, 0.25) is 5.91 Å². The van der Waals surface area contributed by atoms with Crippen molar-refractivity contribution in [2.24, 2.45) is 0 Å². The molecule has 0 unspecified atom stereocenters. The van der Waals surface area contributed by atoms with Crippen LogP contribution in [0, 0.1) is 0 Å². The van der Waals surface area contributed by atoms with Gasteiger partial charge in [-0.2, -0.15) is 0 Å². The normalized spacial score (nSPS) is 12.2. The van der Waals surface area contributed by atoms with Crippen LogP contribution < -0.4 is 10.9 Å². The number of H-pyrrole nitrogens is 1. The monoisotopic (exact) mass is 339 g/mol. The van der Waals surface area contributed by atoms with Crippen molar-refractivity contribution in [3.8, 4) is 0 Å². The molecule has 2 aromatic carbocycles. The van der Waals surface area contributed by atoms with Gasteiger partial charge < -0.3 is 10.1 Å². The fourth-order valence-electron chi connectivity index (χ4n) is 2.89. The molecule has 0 saturated heterocycles. The van der Waals surface area contributed by atoms with Crippen molar-refractivity contribution in [1.29, 1.82) is 0 Å². The predicted molar refractivity (Wildman–Crippen MR) is 96.5 cm³/mol. The summed E-state index contributed by atoms with van der Waals surface area (Å²) in [4.78, 5) is 24.7. The Morgan fingerprint density at radius 1 is 1.16 bits per heavy atom. The molecule has 6 heteroatoms. The summed E-state index contributed by atoms with van der Waals surface area (Å²) in [6.45, 7) is 0.352. The highest BCUT2D eigenvalue weighted by molar-refractivity contribution is 5.79. The first-order valence-electron chi connectivity index (χ1n) is 8.17. The summed E-state index contributed by atoms with van der Waals surface area (Å²) < 4.78 is 6.53. The number of aromatic nitrogens is 2. The first-order valence-corrected chi connectivity index (χ1v) is 8.17. The lowest BCUT2D eigenvalue weighted by molar-refractivity contribution is -0.123. The van der Waals surface area contributed by atoms with Crippen LogP contribution in [0.4, 0.5) is 0 Å². The zero-order chi connectivity index (χ0) is 17.6. The molecule has 25 heavy (non-hydrogen) atoms. The molecule has 0 saturated carbocycles. The summed E-state index contributed by atoms with van der Waals surface area (Å²) in [5.41, 5.74) is 1.64. The summed E-state index contributed by atoms with van der Waals surface area (Å²) >= 11 is 0. The first-order chi connectivity index (χ1) is 12.2. The molecule has 6 nitrogen and oxygen atoms in total. The van der Waals surface area contributed by atoms with Gasteiger partial charge in [-0.05, 0) is 24.1 Å². The third kappa shape index (κ3) is 4.16. The molecule has 130 valence electrons. The number of aromatic amines is 1. The number of fused-ring (bicyclic) bond motifs is 1. The molecule has 0 aliphatic rings. The van der Waals surface area contributed by atoms with Gasteiger partial charge in [-0.25, -0.2) is 4.68 Å². The Kier molecular flexibility index (Phi) is 5.30. The van der Waals surface area contributed by atoms with Crippen molar-refractivity contribution in [2.75, 3.05) is 13.7 Å². The third-order valence-corrected chi connectivity index (χ3v) is 4.02. The Labute approximate surface area is 145 Å². The van der Waals surface area contributed by atoms with Gasteiger partial charge in [-0.1, -0.05) is 42.5 Å². The molecule has 1 aromatic heterocycles. The standard InChI is InChI=1S/C19H21N3O3/c1-25-13-15(11-14-7-3-2-4-8-14)20-18(23)12-22-19(24)16-9-5-6-10-17(16)21-22/h2-10,15,21H,11-13H2,1H3,(H,20,23)/t15-/m0/s1. The minimum atomic E-state index is -0.230. The highest BCUT2D eigenvalue weighted by Gasteiger charge is 2.15. The van der Waals surface area contributed by atoms with E-state index in [1.54, 1.807) is 19.2 Å². The van der Waals surface area contributed by atoms with Crippen LogP contribution in [0.25, 0.3) is 10.9 Å². The second kappa shape index (κ2) is 7.81. The Bertz CT molecular complexity index is 899. The van der Waals surface area contributed by atoms with E-state index in [0.29, 0.717) is 18.4 Å². The van der Waals surface area contributed by atoms with Crippen molar-refractivity contribution in [3.05, 3.63) is 70.5 Å². The summed E-state index contributed by atoms with van der Waals surface area (Å²) in [5, 5.41) is 6.48. The van der Waals surface area contributed by atoms with Gasteiger partial charge >= 0.3 is 0 Å². The maximum Gasteiger partial charge on any atom is 0.274 e. The molecule has 2 N–H and O–H groups in total. The number of para-hydroxylation sites is 1. The van der Waals surface area contributed by atoms with E-state index in [9.17, 15) is 9.59 Å². The molecule has 0 fully saturated rings. The molecule has 0 spiro atoms. The summed E-state index contributed by atoms with van der Waals surface area (Å²) in [7, 11) is 1.60. The van der Waals surface area contributed by atoms with E-state index in [-0.39, 0.29) is 24.1 Å². The molecule has 3 rings (SSSR count). The minimum absolute atomic E-state index is 0.0531. The van der Waals surface area contributed by atoms with Crippen LogP contribution in [-0.4, -0.2) is 35.4 Å². The van der Waals surface area contributed by atoms with E-state index in [2.05, 4.69) is 10.4 Å². The van der Waals surface area contributed by atoms with Gasteiger partial charge in [0, 0.05) is 7.11 Å². The van der Waals surface area contributed by atoms with Crippen molar-refractivity contribution in [1.82, 2.24) is 15.1 Å². The van der Waals surface area contributed by atoms with Crippen molar-refractivity contribution >= 4 is 16.8 Å². The summed E-state index contributed by atoms with van der Waals surface area (Å²) in [6.07, 6.45) is 0.669. The first kappa shape index (κ1) is 17.0. The minimum Gasteiger partial charge on any atom is -0.383 e. The summed E-state index contributed by atoms with van der Waals surface area (Å²) in [5.74, 6) is -0.230. The van der Waals surface area contributed by atoms with Crippen LogP contribution in [-0.2, 0) is 22.5 Å². The number of nitrogens with zero attached hydrogens (tertiary/aromatic N) is 1. The molecule has 0 aliphatic carbocycles. The van der Waals surface area contributed by atoms with Crippen LogP contribution >= 0.6 is 0 Å².